The smallest absolute Gasteiger partial charge is 0.157 e. The molecule has 1 heterocycles. The van der Waals surface area contributed by atoms with Crippen molar-refractivity contribution in [3.8, 4) is 5.75 Å². The van der Waals surface area contributed by atoms with Crippen LogP contribution in [-0.2, 0) is 0 Å². The third-order valence-electron chi connectivity index (χ3n) is 2.68. The van der Waals surface area contributed by atoms with Gasteiger partial charge in [0.05, 0.1) is 30.6 Å². The Balaban J connectivity index is 2.57. The first kappa shape index (κ1) is 14.0. The van der Waals surface area contributed by atoms with Crippen LogP contribution in [0.5, 0.6) is 5.75 Å². The topological polar surface area (TPSA) is 73.3 Å². The molecule has 2 atom stereocenters. The fraction of sp³-hybridized carbons (Fsp3) is 0.750. The monoisotopic (exact) mass is 241 g/mol. The number of rotatable bonds is 7. The van der Waals surface area contributed by atoms with Crippen molar-refractivity contribution >= 4 is 0 Å². The first-order valence-corrected chi connectivity index (χ1v) is 6.08. The molecule has 0 bridgehead atoms. The molecular weight excluding hydrogens is 218 g/mol. The predicted octanol–water partition coefficient (Wildman–Crippen LogP) is 1.33. The van der Waals surface area contributed by atoms with Crippen LogP contribution in [0.2, 0.25) is 0 Å². The Bertz CT molecular complexity index is 336. The van der Waals surface area contributed by atoms with E-state index in [1.54, 1.807) is 17.8 Å². The molecule has 0 aliphatic heterocycles. The van der Waals surface area contributed by atoms with Gasteiger partial charge in [-0.3, -0.25) is 4.68 Å². The van der Waals surface area contributed by atoms with Crippen LogP contribution in [0.25, 0.3) is 0 Å². The largest absolute Gasteiger partial charge is 0.490 e. The summed E-state index contributed by atoms with van der Waals surface area (Å²) in [6.07, 6.45) is 5.09. The van der Waals surface area contributed by atoms with Crippen LogP contribution < -0.4 is 10.5 Å². The van der Waals surface area contributed by atoms with E-state index in [4.69, 9.17) is 10.5 Å². The minimum Gasteiger partial charge on any atom is -0.490 e. The Hall–Kier alpha value is -1.07. The summed E-state index contributed by atoms with van der Waals surface area (Å²) in [5, 5.41) is 14.1. The van der Waals surface area contributed by atoms with Crippen LogP contribution in [0.15, 0.2) is 12.4 Å². The number of nitrogens with zero attached hydrogens (tertiary/aromatic N) is 2. The number of aliphatic hydroxyl groups is 1. The summed E-state index contributed by atoms with van der Waals surface area (Å²) in [6.45, 7) is 6.74. The van der Waals surface area contributed by atoms with E-state index in [2.05, 4.69) is 12.0 Å². The molecule has 0 fully saturated rings. The summed E-state index contributed by atoms with van der Waals surface area (Å²) < 4.78 is 7.27. The van der Waals surface area contributed by atoms with Crippen molar-refractivity contribution in [3.63, 3.8) is 0 Å². The van der Waals surface area contributed by atoms with E-state index in [0.29, 0.717) is 13.0 Å². The first-order valence-electron chi connectivity index (χ1n) is 6.08. The molecule has 2 unspecified atom stereocenters. The molecule has 1 rings (SSSR count). The van der Waals surface area contributed by atoms with Crippen molar-refractivity contribution in [1.29, 1.82) is 0 Å². The van der Waals surface area contributed by atoms with Gasteiger partial charge in [-0.25, -0.2) is 0 Å². The maximum absolute atomic E-state index is 9.91. The van der Waals surface area contributed by atoms with E-state index in [9.17, 15) is 5.11 Å². The first-order chi connectivity index (χ1) is 7.98. The lowest BCUT2D eigenvalue weighted by Crippen LogP contribution is -2.36. The summed E-state index contributed by atoms with van der Waals surface area (Å²) in [5.41, 5.74) is 4.65. The van der Waals surface area contributed by atoms with Gasteiger partial charge < -0.3 is 15.6 Å². The second kappa shape index (κ2) is 6.02. The second-order valence-corrected chi connectivity index (χ2v) is 4.76. The van der Waals surface area contributed by atoms with E-state index in [-0.39, 0.29) is 12.6 Å². The molecule has 0 saturated heterocycles. The van der Waals surface area contributed by atoms with E-state index in [1.165, 1.54) is 0 Å². The average molecular weight is 241 g/mol. The predicted molar refractivity (Wildman–Crippen MR) is 67.0 cm³/mol. The summed E-state index contributed by atoms with van der Waals surface area (Å²) in [5.74, 6) is 0.770. The molecule has 5 heteroatoms. The lowest BCUT2D eigenvalue weighted by molar-refractivity contribution is 0.0449. The van der Waals surface area contributed by atoms with Crippen LogP contribution in [-0.4, -0.2) is 33.6 Å². The molecule has 0 amide bonds. The highest BCUT2D eigenvalue weighted by molar-refractivity contribution is 5.12. The van der Waals surface area contributed by atoms with Gasteiger partial charge in [0.1, 0.15) is 0 Å². The highest BCUT2D eigenvalue weighted by Gasteiger charge is 2.22. The van der Waals surface area contributed by atoms with Gasteiger partial charge in [0.25, 0.3) is 0 Å². The van der Waals surface area contributed by atoms with E-state index < -0.39 is 5.60 Å². The molecule has 0 aromatic carbocycles. The lowest BCUT2D eigenvalue weighted by atomic mass is 9.98. The number of ether oxygens (including phenoxy) is 1. The average Bonchev–Trinajstić information content (AvgIpc) is 2.74. The number of nitrogens with two attached hydrogens (primary N) is 1. The maximum Gasteiger partial charge on any atom is 0.157 e. The molecule has 3 N–H and O–H groups in total. The van der Waals surface area contributed by atoms with Crippen LogP contribution in [0.4, 0.5) is 0 Å². The Kier molecular flexibility index (Phi) is 4.96. The molecule has 98 valence electrons. The quantitative estimate of drug-likeness (QED) is 0.755. The standard InChI is InChI=1S/C12H23N3O2/c1-4-5-17-11-7-14-15(8-11)10(2)6-12(3,16)9-13/h7-8,10,16H,4-6,9,13H2,1-3H3. The van der Waals surface area contributed by atoms with Gasteiger partial charge >= 0.3 is 0 Å². The van der Waals surface area contributed by atoms with Crippen molar-refractivity contribution in [1.82, 2.24) is 9.78 Å². The highest BCUT2D eigenvalue weighted by atomic mass is 16.5. The fourth-order valence-corrected chi connectivity index (χ4v) is 1.67. The van der Waals surface area contributed by atoms with Crippen molar-refractivity contribution in [2.45, 2.75) is 45.3 Å². The van der Waals surface area contributed by atoms with Crippen LogP contribution in [0.1, 0.15) is 39.7 Å². The van der Waals surface area contributed by atoms with Gasteiger partial charge in [-0.15, -0.1) is 0 Å². The van der Waals surface area contributed by atoms with Crippen LogP contribution in [0, 0.1) is 0 Å². The van der Waals surface area contributed by atoms with Gasteiger partial charge in [0.15, 0.2) is 5.75 Å². The summed E-state index contributed by atoms with van der Waals surface area (Å²) in [6, 6.07) is 0.0903. The molecule has 1 aromatic heterocycles. The Morgan fingerprint density at radius 2 is 2.35 bits per heavy atom. The number of hydrogen-bond acceptors (Lipinski definition) is 4. The molecule has 5 nitrogen and oxygen atoms in total. The minimum absolute atomic E-state index is 0.0903. The molecule has 1 aromatic rings. The van der Waals surface area contributed by atoms with E-state index in [0.717, 1.165) is 12.2 Å². The minimum atomic E-state index is -0.851. The van der Waals surface area contributed by atoms with Gasteiger partial charge in [0, 0.05) is 6.54 Å². The summed E-state index contributed by atoms with van der Waals surface area (Å²) in [7, 11) is 0. The third kappa shape index (κ3) is 4.36. The zero-order valence-corrected chi connectivity index (χ0v) is 10.9. The normalized spacial score (nSPS) is 16.5. The fourth-order valence-electron chi connectivity index (χ4n) is 1.67. The number of hydrogen-bond donors (Lipinski definition) is 2. The highest BCUT2D eigenvalue weighted by Crippen LogP contribution is 2.21. The third-order valence-corrected chi connectivity index (χ3v) is 2.68. The molecule has 0 aliphatic carbocycles. The maximum atomic E-state index is 9.91. The molecule has 0 radical (unpaired) electrons. The van der Waals surface area contributed by atoms with Crippen molar-refractivity contribution in [2.24, 2.45) is 5.73 Å². The Labute approximate surface area is 103 Å². The van der Waals surface area contributed by atoms with Crippen molar-refractivity contribution in [3.05, 3.63) is 12.4 Å². The van der Waals surface area contributed by atoms with Gasteiger partial charge in [0.2, 0.25) is 0 Å². The molecule has 17 heavy (non-hydrogen) atoms. The molecular formula is C12H23N3O2. The summed E-state index contributed by atoms with van der Waals surface area (Å²) >= 11 is 0. The van der Waals surface area contributed by atoms with Crippen molar-refractivity contribution in [2.75, 3.05) is 13.2 Å². The van der Waals surface area contributed by atoms with Crippen molar-refractivity contribution < 1.29 is 9.84 Å². The lowest BCUT2D eigenvalue weighted by Gasteiger charge is -2.25. The van der Waals surface area contributed by atoms with Gasteiger partial charge in [-0.05, 0) is 26.7 Å². The van der Waals surface area contributed by atoms with Crippen LogP contribution in [0.3, 0.4) is 0 Å². The van der Waals surface area contributed by atoms with Gasteiger partial charge in [-0.1, -0.05) is 6.92 Å². The van der Waals surface area contributed by atoms with Gasteiger partial charge in [-0.2, -0.15) is 5.10 Å². The summed E-state index contributed by atoms with van der Waals surface area (Å²) in [4.78, 5) is 0. The SMILES string of the molecule is CCCOc1cnn(C(C)CC(C)(O)CN)c1. The molecule has 0 aliphatic rings. The molecule has 0 spiro atoms. The zero-order chi connectivity index (χ0) is 12.9. The second-order valence-electron chi connectivity index (χ2n) is 4.76. The Morgan fingerprint density at radius 1 is 1.65 bits per heavy atom. The van der Waals surface area contributed by atoms with E-state index in [1.807, 2.05) is 13.1 Å². The zero-order valence-electron chi connectivity index (χ0n) is 10.9. The Morgan fingerprint density at radius 3 is 2.94 bits per heavy atom. The van der Waals surface area contributed by atoms with E-state index >= 15 is 0 Å². The van der Waals surface area contributed by atoms with Crippen LogP contribution >= 0.6 is 0 Å². The number of aromatic nitrogens is 2. The molecule has 0 saturated carbocycles.